The zero-order valence-corrected chi connectivity index (χ0v) is 22.6. The van der Waals surface area contributed by atoms with Crippen LogP contribution in [0, 0.1) is 11.8 Å². The molecule has 0 spiro atoms. The Hall–Kier alpha value is -3.33. The Balaban J connectivity index is 1.49. The van der Waals surface area contributed by atoms with Crippen molar-refractivity contribution in [3.8, 4) is 22.9 Å². The predicted molar refractivity (Wildman–Crippen MR) is 138 cm³/mol. The van der Waals surface area contributed by atoms with Crippen LogP contribution in [0.3, 0.4) is 0 Å². The molecule has 11 nitrogen and oxygen atoms in total. The summed E-state index contributed by atoms with van der Waals surface area (Å²) >= 11 is 12.6. The number of phenols is 1. The van der Waals surface area contributed by atoms with E-state index in [0.29, 0.717) is 17.5 Å². The number of aromatic hydroxyl groups is 1. The molecule has 0 saturated heterocycles. The number of benzene rings is 2. The van der Waals surface area contributed by atoms with E-state index in [1.165, 1.54) is 6.07 Å². The minimum absolute atomic E-state index is 0.0746. The highest BCUT2D eigenvalue weighted by Crippen LogP contribution is 2.51. The predicted octanol–water partition coefficient (Wildman–Crippen LogP) is 3.78. The van der Waals surface area contributed by atoms with Gasteiger partial charge in [0.05, 0.1) is 15.7 Å². The number of ether oxygens (including phenoxy) is 1. The lowest BCUT2D eigenvalue weighted by molar-refractivity contribution is -0.127. The summed E-state index contributed by atoms with van der Waals surface area (Å²) in [5.74, 6) is -1.12. The van der Waals surface area contributed by atoms with Crippen molar-refractivity contribution in [2.45, 2.75) is 42.9 Å². The topological polar surface area (TPSA) is 174 Å². The number of halogens is 4. The Bertz CT molecular complexity index is 1740. The number of hydrogen-bond donors (Lipinski definition) is 3. The molecule has 4 N–H and O–H groups in total. The van der Waals surface area contributed by atoms with Crippen molar-refractivity contribution in [1.29, 1.82) is 0 Å². The molecule has 2 fully saturated rings. The van der Waals surface area contributed by atoms with Crippen LogP contribution in [0.2, 0.25) is 10.0 Å². The number of primary sulfonamides is 1. The van der Waals surface area contributed by atoms with Gasteiger partial charge in [0.25, 0.3) is 12.0 Å². The molecule has 3 aromatic rings. The van der Waals surface area contributed by atoms with Gasteiger partial charge >= 0.3 is 5.69 Å². The van der Waals surface area contributed by atoms with Crippen molar-refractivity contribution in [2.75, 3.05) is 0 Å². The van der Waals surface area contributed by atoms with Crippen molar-refractivity contribution >= 4 is 39.0 Å². The number of aromatic amines is 1. The third-order valence-electron chi connectivity index (χ3n) is 6.85. The molecule has 2 saturated carbocycles. The Morgan fingerprint density at radius 3 is 2.30 bits per heavy atom. The number of Topliss-reactive ketones (excluding diaryl/α,β-unsaturated/α-hetero) is 1. The van der Waals surface area contributed by atoms with Gasteiger partial charge in [-0.15, -0.1) is 0 Å². The number of nitrogens with one attached hydrogen (secondary N) is 1. The Labute approximate surface area is 234 Å². The summed E-state index contributed by atoms with van der Waals surface area (Å²) in [6.07, 6.45) is -0.684. The maximum absolute atomic E-state index is 13.1. The Morgan fingerprint density at radius 1 is 1.12 bits per heavy atom. The number of ketones is 1. The number of H-pyrrole nitrogens is 1. The fourth-order valence-corrected chi connectivity index (χ4v) is 5.83. The van der Waals surface area contributed by atoms with E-state index in [1.54, 1.807) is 4.98 Å². The summed E-state index contributed by atoms with van der Waals surface area (Å²) in [5.41, 5.74) is -3.64. The van der Waals surface area contributed by atoms with E-state index in [9.17, 15) is 36.7 Å². The first-order valence-corrected chi connectivity index (χ1v) is 14.2. The third-order valence-corrected chi connectivity index (χ3v) is 8.34. The van der Waals surface area contributed by atoms with Gasteiger partial charge in [-0.25, -0.2) is 27.1 Å². The van der Waals surface area contributed by atoms with Crippen LogP contribution in [-0.4, -0.2) is 34.1 Å². The molecule has 0 amide bonds. The molecular weight excluding hydrogens is 597 g/mol. The minimum Gasteiger partial charge on any atom is -0.506 e. The third kappa shape index (κ3) is 5.36. The Kier molecular flexibility index (Phi) is 7.23. The van der Waals surface area contributed by atoms with Crippen molar-refractivity contribution in [3.63, 3.8) is 0 Å². The molecule has 5 rings (SSSR count). The highest BCUT2D eigenvalue weighted by atomic mass is 35.5. The van der Waals surface area contributed by atoms with E-state index < -0.39 is 44.0 Å². The van der Waals surface area contributed by atoms with E-state index in [1.807, 2.05) is 0 Å². The number of nitrogens with zero attached hydrogens (tertiary/aromatic N) is 2. The lowest BCUT2D eigenvalue weighted by Gasteiger charge is -2.35. The molecule has 0 radical (unpaired) electrons. The van der Waals surface area contributed by atoms with Gasteiger partial charge in [-0.05, 0) is 49.8 Å². The van der Waals surface area contributed by atoms with Crippen LogP contribution in [-0.2, 0) is 14.8 Å². The van der Waals surface area contributed by atoms with Gasteiger partial charge in [0, 0.05) is 23.5 Å². The first-order chi connectivity index (χ1) is 18.7. The highest BCUT2D eigenvalue weighted by molar-refractivity contribution is 7.89. The van der Waals surface area contributed by atoms with Crippen molar-refractivity contribution in [2.24, 2.45) is 17.0 Å². The number of sulfonamides is 1. The number of rotatable bonds is 8. The fourth-order valence-electron chi connectivity index (χ4n) is 4.61. The zero-order chi connectivity index (χ0) is 29.1. The van der Waals surface area contributed by atoms with Crippen LogP contribution in [0.5, 0.6) is 17.2 Å². The molecule has 212 valence electrons. The summed E-state index contributed by atoms with van der Waals surface area (Å²) < 4.78 is 56.9. The normalized spacial score (nSPS) is 18.9. The SMILES string of the molecule is NS(=O)(=O)c1cc(Oc2c(Cl)cc(-n3nc(C(F)F)c(=O)[nH]c3=O)cc2Cl)cc(C2CC(C(=O)C3CC3)C2)c1O. The first kappa shape index (κ1) is 28.2. The van der Waals surface area contributed by atoms with Crippen molar-refractivity contribution in [3.05, 3.63) is 66.4 Å². The first-order valence-electron chi connectivity index (χ1n) is 11.9. The summed E-state index contributed by atoms with van der Waals surface area (Å²) in [6, 6.07) is 4.57. The molecule has 0 aliphatic heterocycles. The average molecular weight is 617 g/mol. The van der Waals surface area contributed by atoms with Crippen molar-refractivity contribution in [1.82, 2.24) is 14.8 Å². The lowest BCUT2D eigenvalue weighted by atomic mass is 9.68. The molecule has 0 atom stereocenters. The molecule has 40 heavy (non-hydrogen) atoms. The number of phenolic OH excluding ortho intramolecular Hbond substituents is 1. The van der Waals surface area contributed by atoms with Gasteiger partial charge in [0.2, 0.25) is 10.0 Å². The summed E-state index contributed by atoms with van der Waals surface area (Å²) in [6.45, 7) is 0. The average Bonchev–Trinajstić information content (AvgIpc) is 3.66. The monoisotopic (exact) mass is 616 g/mol. The molecular formula is C24H20Cl2F2N4O7S. The van der Waals surface area contributed by atoms with Crippen LogP contribution >= 0.6 is 23.2 Å². The number of nitrogens with two attached hydrogens (primary N) is 1. The summed E-state index contributed by atoms with van der Waals surface area (Å²) in [5, 5.41) is 18.9. The van der Waals surface area contributed by atoms with Gasteiger partial charge in [0.1, 0.15) is 22.2 Å². The number of hydrogen-bond acceptors (Lipinski definition) is 8. The quantitative estimate of drug-likeness (QED) is 0.342. The van der Waals surface area contributed by atoms with E-state index >= 15 is 0 Å². The Morgan fingerprint density at radius 2 is 1.75 bits per heavy atom. The molecule has 1 heterocycles. The molecule has 2 aliphatic carbocycles. The second kappa shape index (κ2) is 10.3. The largest absolute Gasteiger partial charge is 0.506 e. The maximum atomic E-state index is 13.1. The molecule has 16 heteroatoms. The van der Waals surface area contributed by atoms with Gasteiger partial charge in [-0.2, -0.15) is 9.78 Å². The number of carbonyl (C=O) groups is 1. The van der Waals surface area contributed by atoms with Crippen LogP contribution in [0.4, 0.5) is 8.78 Å². The molecule has 0 bridgehead atoms. The smallest absolute Gasteiger partial charge is 0.349 e. The fraction of sp³-hybridized carbons (Fsp3) is 0.333. The zero-order valence-electron chi connectivity index (χ0n) is 20.2. The van der Waals surface area contributed by atoms with E-state index in [0.717, 1.165) is 31.0 Å². The standard InChI is InChI=1S/C24H20Cl2F2N4O7S/c25-15-5-12(32-24(36)30-23(35)18(31-32)22(27)28)6-16(26)21(15)39-13-7-14(20(34)17(8-13)40(29,37)38)10-3-11(4-10)19(33)9-1-2-9/h5-11,22,34H,1-4H2,(H2,29,37,38)(H,30,35,36). The van der Waals surface area contributed by atoms with Gasteiger partial charge < -0.3 is 9.84 Å². The highest BCUT2D eigenvalue weighted by Gasteiger charge is 2.43. The van der Waals surface area contributed by atoms with Gasteiger partial charge in [-0.3, -0.25) is 14.6 Å². The lowest BCUT2D eigenvalue weighted by Crippen LogP contribution is -2.34. The summed E-state index contributed by atoms with van der Waals surface area (Å²) in [4.78, 5) is 37.3. The number of aromatic nitrogens is 3. The maximum Gasteiger partial charge on any atom is 0.349 e. The molecule has 2 aromatic carbocycles. The summed E-state index contributed by atoms with van der Waals surface area (Å²) in [7, 11) is -4.40. The van der Waals surface area contributed by atoms with Crippen LogP contribution in [0.1, 0.15) is 49.3 Å². The van der Waals surface area contributed by atoms with E-state index in [2.05, 4.69) is 5.10 Å². The number of alkyl halides is 2. The molecule has 2 aliphatic rings. The van der Waals surface area contributed by atoms with Crippen LogP contribution < -0.4 is 21.1 Å². The van der Waals surface area contributed by atoms with Gasteiger partial charge in [0.15, 0.2) is 11.4 Å². The second-order valence-corrected chi connectivity index (χ2v) is 12.0. The molecule has 0 unspecified atom stereocenters. The van der Waals surface area contributed by atoms with E-state index in [-0.39, 0.29) is 56.3 Å². The minimum atomic E-state index is -4.40. The van der Waals surface area contributed by atoms with Crippen molar-refractivity contribution < 1.29 is 31.8 Å². The van der Waals surface area contributed by atoms with Crippen LogP contribution in [0.25, 0.3) is 5.69 Å². The van der Waals surface area contributed by atoms with Crippen LogP contribution in [0.15, 0.2) is 38.8 Å². The van der Waals surface area contributed by atoms with Gasteiger partial charge in [-0.1, -0.05) is 23.2 Å². The van der Waals surface area contributed by atoms with E-state index in [4.69, 9.17) is 33.1 Å². The second-order valence-electron chi connectivity index (χ2n) is 9.64. The number of carbonyl (C=O) groups excluding carboxylic acids is 1. The molecule has 1 aromatic heterocycles.